The number of hydrogen-bond donors (Lipinski definition) is 2. The minimum absolute atomic E-state index is 0.133. The topological polar surface area (TPSA) is 59.6 Å². The van der Waals surface area contributed by atoms with E-state index in [0.29, 0.717) is 18.0 Å². The lowest BCUT2D eigenvalue weighted by molar-refractivity contribution is -0.127. The van der Waals surface area contributed by atoms with Gasteiger partial charge in [-0.3, -0.25) is 4.79 Å². The van der Waals surface area contributed by atoms with Crippen molar-refractivity contribution in [3.8, 4) is 11.5 Å². The van der Waals surface area contributed by atoms with E-state index < -0.39 is 6.10 Å². The molecule has 1 amide bonds. The molecule has 1 unspecified atom stereocenters. The Balaban J connectivity index is 2.82. The summed E-state index contributed by atoms with van der Waals surface area (Å²) in [5.41, 5.74) is 1.09. The third-order valence-electron chi connectivity index (χ3n) is 2.83. The Labute approximate surface area is 120 Å². The van der Waals surface area contributed by atoms with Crippen molar-refractivity contribution in [1.29, 1.82) is 0 Å². The van der Waals surface area contributed by atoms with E-state index in [1.54, 1.807) is 14.0 Å². The van der Waals surface area contributed by atoms with E-state index >= 15 is 0 Å². The van der Waals surface area contributed by atoms with E-state index in [1.165, 1.54) is 0 Å². The summed E-state index contributed by atoms with van der Waals surface area (Å²) in [6.07, 6.45) is -0.557. The van der Waals surface area contributed by atoms with Gasteiger partial charge < -0.3 is 20.1 Å². The van der Waals surface area contributed by atoms with Crippen LogP contribution in [-0.4, -0.2) is 32.2 Å². The smallest absolute Gasteiger partial charge is 0.260 e. The van der Waals surface area contributed by atoms with E-state index in [9.17, 15) is 4.79 Å². The molecule has 20 heavy (non-hydrogen) atoms. The highest BCUT2D eigenvalue weighted by atomic mass is 16.5. The average molecular weight is 280 g/mol. The van der Waals surface area contributed by atoms with Gasteiger partial charge in [-0.1, -0.05) is 13.0 Å². The first-order chi connectivity index (χ1) is 9.62. The molecule has 0 bridgehead atoms. The first kappa shape index (κ1) is 16.3. The van der Waals surface area contributed by atoms with Gasteiger partial charge in [-0.15, -0.1) is 0 Å². The highest BCUT2D eigenvalue weighted by Crippen LogP contribution is 2.29. The highest BCUT2D eigenvalue weighted by molar-refractivity contribution is 5.80. The lowest BCUT2D eigenvalue weighted by Gasteiger charge is -2.17. The molecular formula is C15H24N2O3. The molecule has 0 fully saturated rings. The van der Waals surface area contributed by atoms with Gasteiger partial charge in [0.15, 0.2) is 17.6 Å². The van der Waals surface area contributed by atoms with Gasteiger partial charge in [-0.05, 0) is 38.1 Å². The van der Waals surface area contributed by atoms with Crippen molar-refractivity contribution in [3.05, 3.63) is 23.8 Å². The zero-order valence-corrected chi connectivity index (χ0v) is 12.7. The van der Waals surface area contributed by atoms with Crippen molar-refractivity contribution >= 4 is 5.91 Å². The maximum Gasteiger partial charge on any atom is 0.260 e. The molecule has 0 saturated heterocycles. The Kier molecular flexibility index (Phi) is 6.87. The van der Waals surface area contributed by atoms with Crippen LogP contribution in [0.4, 0.5) is 0 Å². The van der Waals surface area contributed by atoms with Crippen molar-refractivity contribution in [1.82, 2.24) is 10.6 Å². The molecule has 0 aliphatic heterocycles. The molecule has 0 spiro atoms. The van der Waals surface area contributed by atoms with Crippen LogP contribution in [0.15, 0.2) is 18.2 Å². The summed E-state index contributed by atoms with van der Waals surface area (Å²) in [4.78, 5) is 11.7. The minimum Gasteiger partial charge on any atom is -0.493 e. The molecule has 1 atom stereocenters. The number of ether oxygens (including phenoxy) is 2. The maximum absolute atomic E-state index is 11.7. The van der Waals surface area contributed by atoms with Crippen LogP contribution in [0.2, 0.25) is 0 Å². The molecule has 1 rings (SSSR count). The second-order valence-corrected chi connectivity index (χ2v) is 4.42. The summed E-state index contributed by atoms with van der Waals surface area (Å²) in [5.74, 6) is 1.08. The third-order valence-corrected chi connectivity index (χ3v) is 2.83. The van der Waals surface area contributed by atoms with Crippen LogP contribution >= 0.6 is 0 Å². The summed E-state index contributed by atoms with van der Waals surface area (Å²) in [7, 11) is 1.59. The Morgan fingerprint density at radius 1 is 1.25 bits per heavy atom. The maximum atomic E-state index is 11.7. The molecule has 1 aromatic carbocycles. The van der Waals surface area contributed by atoms with Crippen molar-refractivity contribution in [2.45, 2.75) is 33.4 Å². The summed E-state index contributed by atoms with van der Waals surface area (Å²) in [5, 5.41) is 5.98. The predicted octanol–water partition coefficient (Wildman–Crippen LogP) is 1.71. The second-order valence-electron chi connectivity index (χ2n) is 4.42. The molecule has 0 aromatic heterocycles. The van der Waals surface area contributed by atoms with Gasteiger partial charge >= 0.3 is 0 Å². The zero-order chi connectivity index (χ0) is 15.0. The zero-order valence-electron chi connectivity index (χ0n) is 12.7. The number of carbonyl (C=O) groups is 1. The number of carbonyl (C=O) groups excluding carboxylic acids is 1. The van der Waals surface area contributed by atoms with E-state index in [2.05, 4.69) is 17.6 Å². The first-order valence-corrected chi connectivity index (χ1v) is 6.94. The van der Waals surface area contributed by atoms with Gasteiger partial charge in [0.05, 0.1) is 7.11 Å². The van der Waals surface area contributed by atoms with Crippen molar-refractivity contribution in [2.24, 2.45) is 0 Å². The van der Waals surface area contributed by atoms with Crippen LogP contribution in [0.3, 0.4) is 0 Å². The van der Waals surface area contributed by atoms with Gasteiger partial charge in [-0.2, -0.15) is 0 Å². The van der Waals surface area contributed by atoms with Crippen LogP contribution < -0.4 is 20.1 Å². The summed E-state index contributed by atoms with van der Waals surface area (Å²) in [6, 6.07) is 5.73. The van der Waals surface area contributed by atoms with E-state index in [0.717, 1.165) is 18.7 Å². The van der Waals surface area contributed by atoms with Crippen LogP contribution in [0, 0.1) is 0 Å². The van der Waals surface area contributed by atoms with E-state index in [1.807, 2.05) is 25.1 Å². The molecule has 0 aliphatic rings. The fraction of sp³-hybridized carbons (Fsp3) is 0.533. The number of likely N-dealkylation sites (N-methyl/N-ethyl adjacent to an activating group) is 1. The third kappa shape index (κ3) is 4.74. The SMILES string of the molecule is CCNCc1ccc(OC)c(OC(C)C(=O)NCC)c1. The Hall–Kier alpha value is -1.75. The number of hydrogen-bond acceptors (Lipinski definition) is 4. The summed E-state index contributed by atoms with van der Waals surface area (Å²) >= 11 is 0. The molecule has 5 heteroatoms. The standard InChI is InChI=1S/C15H24N2O3/c1-5-16-10-12-7-8-13(19-4)14(9-12)20-11(3)15(18)17-6-2/h7-9,11,16H,5-6,10H2,1-4H3,(H,17,18). The normalized spacial score (nSPS) is 11.8. The van der Waals surface area contributed by atoms with Gasteiger partial charge in [0.2, 0.25) is 0 Å². The number of rotatable bonds is 8. The van der Waals surface area contributed by atoms with Crippen LogP contribution in [0.25, 0.3) is 0 Å². The fourth-order valence-corrected chi connectivity index (χ4v) is 1.75. The van der Waals surface area contributed by atoms with Crippen LogP contribution in [0.1, 0.15) is 26.3 Å². The molecule has 0 radical (unpaired) electrons. The number of methoxy groups -OCH3 is 1. The Morgan fingerprint density at radius 2 is 2.00 bits per heavy atom. The van der Waals surface area contributed by atoms with Gasteiger partial charge in [-0.25, -0.2) is 0 Å². The molecule has 112 valence electrons. The molecule has 0 aliphatic carbocycles. The molecule has 1 aromatic rings. The molecule has 0 saturated carbocycles. The van der Waals surface area contributed by atoms with Crippen molar-refractivity contribution in [2.75, 3.05) is 20.2 Å². The van der Waals surface area contributed by atoms with E-state index in [4.69, 9.17) is 9.47 Å². The van der Waals surface area contributed by atoms with E-state index in [-0.39, 0.29) is 5.91 Å². The van der Waals surface area contributed by atoms with Crippen molar-refractivity contribution < 1.29 is 14.3 Å². The quantitative estimate of drug-likeness (QED) is 0.761. The van der Waals surface area contributed by atoms with Gasteiger partial charge in [0.25, 0.3) is 5.91 Å². The predicted molar refractivity (Wildman–Crippen MR) is 79.1 cm³/mol. The van der Waals surface area contributed by atoms with Crippen molar-refractivity contribution in [3.63, 3.8) is 0 Å². The largest absolute Gasteiger partial charge is 0.493 e. The molecule has 0 heterocycles. The Morgan fingerprint density at radius 3 is 2.60 bits per heavy atom. The second kappa shape index (κ2) is 8.43. The monoisotopic (exact) mass is 280 g/mol. The number of benzene rings is 1. The van der Waals surface area contributed by atoms with Gasteiger partial charge in [0, 0.05) is 13.1 Å². The number of nitrogens with one attached hydrogen (secondary N) is 2. The first-order valence-electron chi connectivity index (χ1n) is 6.94. The number of amides is 1. The van der Waals surface area contributed by atoms with Gasteiger partial charge in [0.1, 0.15) is 0 Å². The Bertz CT molecular complexity index is 435. The highest BCUT2D eigenvalue weighted by Gasteiger charge is 2.16. The minimum atomic E-state index is -0.557. The lowest BCUT2D eigenvalue weighted by Crippen LogP contribution is -2.36. The van der Waals surface area contributed by atoms with Crippen LogP contribution in [-0.2, 0) is 11.3 Å². The summed E-state index contributed by atoms with van der Waals surface area (Å²) < 4.78 is 11.0. The molecular weight excluding hydrogens is 256 g/mol. The lowest BCUT2D eigenvalue weighted by atomic mass is 10.2. The molecule has 5 nitrogen and oxygen atoms in total. The summed E-state index contributed by atoms with van der Waals surface area (Å²) in [6.45, 7) is 7.90. The fourth-order valence-electron chi connectivity index (χ4n) is 1.75. The van der Waals surface area contributed by atoms with Crippen LogP contribution in [0.5, 0.6) is 11.5 Å². The average Bonchev–Trinajstić information content (AvgIpc) is 2.45. The molecule has 2 N–H and O–H groups in total.